The number of hydrogen-bond acceptors (Lipinski definition) is 5. The fourth-order valence-electron chi connectivity index (χ4n) is 1.63. The summed E-state index contributed by atoms with van der Waals surface area (Å²) in [6.45, 7) is 3.64. The highest BCUT2D eigenvalue weighted by molar-refractivity contribution is 7.94. The van der Waals surface area contributed by atoms with Gasteiger partial charge in [0.05, 0.1) is 5.02 Å². The zero-order valence-corrected chi connectivity index (χ0v) is 13.9. The van der Waals surface area contributed by atoms with Gasteiger partial charge in [0.2, 0.25) is 0 Å². The van der Waals surface area contributed by atoms with E-state index in [0.717, 1.165) is 18.5 Å². The van der Waals surface area contributed by atoms with Crippen LogP contribution >= 0.6 is 22.9 Å². The first-order chi connectivity index (χ1) is 10.0. The van der Waals surface area contributed by atoms with Crippen molar-refractivity contribution in [1.82, 2.24) is 10.3 Å². The van der Waals surface area contributed by atoms with Crippen molar-refractivity contribution in [1.29, 1.82) is 0 Å². The maximum Gasteiger partial charge on any atom is 0.272 e. The Bertz CT molecular complexity index is 701. The summed E-state index contributed by atoms with van der Waals surface area (Å²) in [5, 5.41) is 5.33. The predicted octanol–water partition coefficient (Wildman–Crippen LogP) is 3.10. The molecular weight excluding hydrogens is 330 g/mol. The van der Waals surface area contributed by atoms with Crippen LogP contribution in [0.25, 0.3) is 0 Å². The van der Waals surface area contributed by atoms with Crippen LogP contribution in [-0.2, 0) is 16.6 Å². The van der Waals surface area contributed by atoms with Crippen LogP contribution in [-0.4, -0.2) is 19.9 Å². The third-order valence-corrected chi connectivity index (χ3v) is 5.77. The van der Waals surface area contributed by atoms with Crippen molar-refractivity contribution >= 4 is 38.8 Å². The zero-order valence-electron chi connectivity index (χ0n) is 11.5. The molecule has 0 aliphatic rings. The van der Waals surface area contributed by atoms with Crippen molar-refractivity contribution in [3.63, 3.8) is 0 Å². The summed E-state index contributed by atoms with van der Waals surface area (Å²) < 4.78 is 27.2. The van der Waals surface area contributed by atoms with E-state index in [-0.39, 0.29) is 15.0 Å². The van der Waals surface area contributed by atoms with Gasteiger partial charge in [-0.05, 0) is 42.1 Å². The van der Waals surface area contributed by atoms with E-state index in [2.05, 4.69) is 21.9 Å². The molecule has 0 saturated heterocycles. The number of sulfonamides is 1. The summed E-state index contributed by atoms with van der Waals surface area (Å²) in [5.74, 6) is 0.137. The zero-order chi connectivity index (χ0) is 15.3. The molecule has 2 aromatic heterocycles. The van der Waals surface area contributed by atoms with Crippen LogP contribution in [0.1, 0.15) is 18.9 Å². The molecule has 0 saturated carbocycles. The Hall–Kier alpha value is -1.15. The van der Waals surface area contributed by atoms with Gasteiger partial charge in [0.25, 0.3) is 10.0 Å². The first kappa shape index (κ1) is 16.2. The lowest BCUT2D eigenvalue weighted by molar-refractivity contribution is 0.602. The van der Waals surface area contributed by atoms with E-state index >= 15 is 0 Å². The molecule has 0 amide bonds. The summed E-state index contributed by atoms with van der Waals surface area (Å²) >= 11 is 7.09. The number of rotatable bonds is 7. The van der Waals surface area contributed by atoms with Crippen LogP contribution in [0.5, 0.6) is 0 Å². The molecule has 0 aromatic carbocycles. The van der Waals surface area contributed by atoms with Crippen LogP contribution < -0.4 is 10.0 Å². The quantitative estimate of drug-likeness (QED) is 0.756. The van der Waals surface area contributed by atoms with Gasteiger partial charge in [-0.3, -0.25) is 4.72 Å². The molecule has 0 radical (unpaired) electrons. The molecule has 21 heavy (non-hydrogen) atoms. The molecule has 0 aliphatic heterocycles. The molecule has 114 valence electrons. The number of pyridine rings is 1. The molecule has 0 aliphatic carbocycles. The number of halogens is 1. The van der Waals surface area contributed by atoms with E-state index in [1.54, 1.807) is 18.2 Å². The Balaban J connectivity index is 2.11. The van der Waals surface area contributed by atoms with Crippen LogP contribution in [0.15, 0.2) is 34.0 Å². The SMILES string of the molecule is CCCNCc1csc(S(=O)(=O)Nc2ncccc2Cl)c1. The molecule has 2 aromatic rings. The Morgan fingerprint density at radius 2 is 2.24 bits per heavy atom. The maximum absolute atomic E-state index is 12.3. The minimum Gasteiger partial charge on any atom is -0.313 e. The van der Waals surface area contributed by atoms with Crippen molar-refractivity contribution < 1.29 is 8.42 Å². The Morgan fingerprint density at radius 3 is 2.95 bits per heavy atom. The molecule has 2 heterocycles. The first-order valence-corrected chi connectivity index (χ1v) is 9.18. The molecule has 0 unspecified atom stereocenters. The van der Waals surface area contributed by atoms with E-state index in [0.29, 0.717) is 6.54 Å². The van der Waals surface area contributed by atoms with Gasteiger partial charge in [-0.2, -0.15) is 0 Å². The third kappa shape index (κ3) is 4.41. The van der Waals surface area contributed by atoms with Crippen LogP contribution in [0.3, 0.4) is 0 Å². The largest absolute Gasteiger partial charge is 0.313 e. The Morgan fingerprint density at radius 1 is 1.43 bits per heavy atom. The monoisotopic (exact) mass is 345 g/mol. The van der Waals surface area contributed by atoms with Gasteiger partial charge in [0.15, 0.2) is 5.82 Å². The van der Waals surface area contributed by atoms with Crippen molar-refractivity contribution in [2.24, 2.45) is 0 Å². The topological polar surface area (TPSA) is 71.1 Å². The van der Waals surface area contributed by atoms with Gasteiger partial charge in [-0.15, -0.1) is 11.3 Å². The minimum absolute atomic E-state index is 0.137. The first-order valence-electron chi connectivity index (χ1n) is 6.44. The molecule has 8 heteroatoms. The van der Waals surface area contributed by atoms with E-state index in [1.165, 1.54) is 17.5 Å². The molecule has 5 nitrogen and oxygen atoms in total. The Kier molecular flexibility index (Phi) is 5.58. The number of nitrogens with one attached hydrogen (secondary N) is 2. The number of aromatic nitrogens is 1. The maximum atomic E-state index is 12.3. The van der Waals surface area contributed by atoms with Crippen LogP contribution in [0.2, 0.25) is 5.02 Å². The van der Waals surface area contributed by atoms with Gasteiger partial charge >= 0.3 is 0 Å². The molecule has 0 spiro atoms. The second-order valence-electron chi connectivity index (χ2n) is 4.39. The predicted molar refractivity (Wildman–Crippen MR) is 86.4 cm³/mol. The lowest BCUT2D eigenvalue weighted by Gasteiger charge is -2.06. The van der Waals surface area contributed by atoms with E-state index in [4.69, 9.17) is 11.6 Å². The third-order valence-electron chi connectivity index (χ3n) is 2.64. The second-order valence-corrected chi connectivity index (χ2v) is 7.62. The molecule has 2 N–H and O–H groups in total. The molecule has 0 atom stereocenters. The number of thiophene rings is 1. The molecular formula is C13H16ClN3O2S2. The fraction of sp³-hybridized carbons (Fsp3) is 0.308. The lowest BCUT2D eigenvalue weighted by Crippen LogP contribution is -2.14. The van der Waals surface area contributed by atoms with Gasteiger partial charge < -0.3 is 5.32 Å². The molecule has 0 fully saturated rings. The summed E-state index contributed by atoms with van der Waals surface area (Å²) in [6.07, 6.45) is 2.52. The van der Waals surface area contributed by atoms with Crippen molar-refractivity contribution in [2.75, 3.05) is 11.3 Å². The highest BCUT2D eigenvalue weighted by atomic mass is 35.5. The van der Waals surface area contributed by atoms with E-state index in [9.17, 15) is 8.42 Å². The van der Waals surface area contributed by atoms with E-state index < -0.39 is 10.0 Å². The highest BCUT2D eigenvalue weighted by Crippen LogP contribution is 2.25. The highest BCUT2D eigenvalue weighted by Gasteiger charge is 2.18. The lowest BCUT2D eigenvalue weighted by atomic mass is 10.3. The standard InChI is InChI=1S/C13H16ClN3O2S2/c1-2-5-15-8-10-7-12(20-9-10)21(18,19)17-13-11(14)4-3-6-16-13/h3-4,6-7,9,15H,2,5,8H2,1H3,(H,16,17). The number of nitrogens with zero attached hydrogens (tertiary/aromatic N) is 1. The smallest absolute Gasteiger partial charge is 0.272 e. The molecule has 0 bridgehead atoms. The van der Waals surface area contributed by atoms with Crippen LogP contribution in [0.4, 0.5) is 5.82 Å². The van der Waals surface area contributed by atoms with Gasteiger partial charge in [-0.1, -0.05) is 18.5 Å². The summed E-state index contributed by atoms with van der Waals surface area (Å²) in [6, 6.07) is 4.89. The second kappa shape index (κ2) is 7.22. The average molecular weight is 346 g/mol. The normalized spacial score (nSPS) is 11.5. The van der Waals surface area contributed by atoms with Crippen molar-refractivity contribution in [2.45, 2.75) is 24.1 Å². The Labute approximate surface area is 133 Å². The summed E-state index contributed by atoms with van der Waals surface area (Å²) in [4.78, 5) is 3.93. The summed E-state index contributed by atoms with van der Waals surface area (Å²) in [5.41, 5.74) is 0.945. The number of hydrogen-bond donors (Lipinski definition) is 2. The van der Waals surface area contributed by atoms with Gasteiger partial charge in [0.1, 0.15) is 4.21 Å². The van der Waals surface area contributed by atoms with Gasteiger partial charge in [0, 0.05) is 12.7 Å². The summed E-state index contributed by atoms with van der Waals surface area (Å²) in [7, 11) is -3.65. The van der Waals surface area contributed by atoms with E-state index in [1.807, 2.05) is 5.38 Å². The average Bonchev–Trinajstić information content (AvgIpc) is 2.91. The number of anilines is 1. The minimum atomic E-state index is -3.65. The van der Waals surface area contributed by atoms with Gasteiger partial charge in [-0.25, -0.2) is 13.4 Å². The van der Waals surface area contributed by atoms with Crippen molar-refractivity contribution in [3.05, 3.63) is 40.4 Å². The van der Waals surface area contributed by atoms with Crippen molar-refractivity contribution in [3.8, 4) is 0 Å². The molecule has 2 rings (SSSR count). The fourth-order valence-corrected chi connectivity index (χ4v) is 4.10. The van der Waals surface area contributed by atoms with Crippen LogP contribution in [0, 0.1) is 0 Å².